The maximum absolute atomic E-state index is 12.7. The van der Waals surface area contributed by atoms with Crippen LogP contribution in [0, 0.1) is 0 Å². The van der Waals surface area contributed by atoms with Crippen LogP contribution in [0.3, 0.4) is 0 Å². The molecule has 1 amide bonds. The van der Waals surface area contributed by atoms with Crippen LogP contribution in [0.4, 0.5) is 10.5 Å². The smallest absolute Gasteiger partial charge is 0.408 e. The summed E-state index contributed by atoms with van der Waals surface area (Å²) in [7, 11) is 2.49. The molecule has 0 radical (unpaired) electrons. The molecule has 2 rings (SSSR count). The molecule has 0 saturated heterocycles. The number of phenols is 1. The van der Waals surface area contributed by atoms with Gasteiger partial charge < -0.3 is 19.9 Å². The molecule has 0 aliphatic rings. The highest BCUT2D eigenvalue weighted by Gasteiger charge is 2.29. The van der Waals surface area contributed by atoms with Crippen molar-refractivity contribution in [3.05, 3.63) is 33.6 Å². The molecule has 0 fully saturated rings. The molecule has 0 saturated carbocycles. The lowest BCUT2D eigenvalue weighted by molar-refractivity contribution is -0.157. The fourth-order valence-electron chi connectivity index (χ4n) is 2.38. The molecule has 2 N–H and O–H groups in total. The molecule has 1 atom stereocenters. The standard InChI is InChI=1S/C20H26ClN3O5S2/c1-19(2,3)28-17(26)13(23-18(27)29-20(4,5)6)9-11-7-8-12(14(25)10-11)22-16-15(21)24-31-30-16/h7-8,10,13,25H,9H2,1-6H3,(H,23,27)/t13-/m0/s1. The van der Waals surface area contributed by atoms with Crippen molar-refractivity contribution in [3.8, 4) is 5.75 Å². The normalized spacial score (nSPS) is 13.6. The minimum Gasteiger partial charge on any atom is -0.506 e. The van der Waals surface area contributed by atoms with E-state index in [0.29, 0.717) is 15.9 Å². The average molecular weight is 488 g/mol. The Hall–Kier alpha value is -2.17. The van der Waals surface area contributed by atoms with E-state index in [1.807, 2.05) is 0 Å². The number of aromatic hydroxyl groups is 1. The van der Waals surface area contributed by atoms with Crippen LogP contribution in [0.2, 0.25) is 5.15 Å². The first-order chi connectivity index (χ1) is 14.2. The second-order valence-electron chi connectivity index (χ2n) is 8.72. The number of rotatable bonds is 5. The van der Waals surface area contributed by atoms with E-state index in [1.54, 1.807) is 53.7 Å². The van der Waals surface area contributed by atoms with Gasteiger partial charge in [-0.1, -0.05) is 17.7 Å². The molecule has 1 heterocycles. The van der Waals surface area contributed by atoms with Crippen LogP contribution in [0.25, 0.3) is 0 Å². The molecule has 0 aliphatic carbocycles. The van der Waals surface area contributed by atoms with Gasteiger partial charge in [0.1, 0.15) is 28.7 Å². The van der Waals surface area contributed by atoms with Gasteiger partial charge in [-0.2, -0.15) is 4.37 Å². The van der Waals surface area contributed by atoms with Gasteiger partial charge >= 0.3 is 12.1 Å². The summed E-state index contributed by atoms with van der Waals surface area (Å²) in [4.78, 5) is 29.2. The number of halogens is 1. The van der Waals surface area contributed by atoms with Crippen LogP contribution in [-0.2, 0) is 20.7 Å². The van der Waals surface area contributed by atoms with Crippen molar-refractivity contribution in [1.29, 1.82) is 0 Å². The summed E-state index contributed by atoms with van der Waals surface area (Å²) >= 11 is 5.95. The Labute approximate surface area is 193 Å². The molecular weight excluding hydrogens is 462 g/mol. The quantitative estimate of drug-likeness (QED) is 0.472. The van der Waals surface area contributed by atoms with E-state index in [0.717, 1.165) is 0 Å². The van der Waals surface area contributed by atoms with Gasteiger partial charge in [0, 0.05) is 17.0 Å². The monoisotopic (exact) mass is 487 g/mol. The van der Waals surface area contributed by atoms with Crippen molar-refractivity contribution in [2.45, 2.75) is 65.2 Å². The van der Waals surface area contributed by atoms with Crippen molar-refractivity contribution >= 4 is 50.2 Å². The summed E-state index contributed by atoms with van der Waals surface area (Å²) in [5.41, 5.74) is -0.536. The SMILES string of the molecule is CC(C)(C)OC(=O)N[C@@H](Cc1ccc(N=c2ssnc2Cl)c(O)c1)C(=O)OC(C)(C)C. The van der Waals surface area contributed by atoms with Crippen LogP contribution in [0.15, 0.2) is 23.2 Å². The summed E-state index contributed by atoms with van der Waals surface area (Å²) in [6, 6.07) is 3.77. The topological polar surface area (TPSA) is 110 Å². The number of alkyl carbamates (subject to hydrolysis) is 1. The molecule has 11 heteroatoms. The summed E-state index contributed by atoms with van der Waals surface area (Å²) in [5.74, 6) is -0.697. The Bertz CT molecular complexity index is 1010. The van der Waals surface area contributed by atoms with Crippen molar-refractivity contribution in [2.75, 3.05) is 0 Å². The zero-order chi connectivity index (χ0) is 23.4. The van der Waals surface area contributed by atoms with Gasteiger partial charge in [0.05, 0.1) is 0 Å². The van der Waals surface area contributed by atoms with Gasteiger partial charge in [-0.15, -0.1) is 0 Å². The largest absolute Gasteiger partial charge is 0.506 e. The second-order valence-corrected chi connectivity index (χ2v) is 10.9. The zero-order valence-corrected chi connectivity index (χ0v) is 20.6. The minimum atomic E-state index is -1.01. The summed E-state index contributed by atoms with van der Waals surface area (Å²) in [5, 5.41) is 13.2. The Balaban J connectivity index is 2.24. The van der Waals surface area contributed by atoms with Crippen LogP contribution in [0.5, 0.6) is 5.75 Å². The van der Waals surface area contributed by atoms with Gasteiger partial charge in [0.15, 0.2) is 9.82 Å². The number of benzene rings is 1. The molecule has 0 aliphatic heterocycles. The summed E-state index contributed by atoms with van der Waals surface area (Å²) in [6.07, 6.45) is -0.647. The summed E-state index contributed by atoms with van der Waals surface area (Å²) in [6.45, 7) is 10.4. The molecule has 0 bridgehead atoms. The Morgan fingerprint density at radius 2 is 1.84 bits per heavy atom. The molecule has 0 spiro atoms. The van der Waals surface area contributed by atoms with E-state index in [-0.39, 0.29) is 17.3 Å². The molecule has 1 aromatic heterocycles. The number of esters is 1. The Morgan fingerprint density at radius 1 is 1.19 bits per heavy atom. The maximum atomic E-state index is 12.7. The highest BCUT2D eigenvalue weighted by atomic mass is 35.5. The molecule has 2 aromatic rings. The van der Waals surface area contributed by atoms with E-state index in [1.165, 1.54) is 26.9 Å². The number of ether oxygens (including phenoxy) is 2. The van der Waals surface area contributed by atoms with Crippen molar-refractivity contribution in [1.82, 2.24) is 9.69 Å². The fraction of sp³-hybridized carbons (Fsp3) is 0.500. The van der Waals surface area contributed by atoms with E-state index in [4.69, 9.17) is 21.1 Å². The molecule has 8 nitrogen and oxygen atoms in total. The van der Waals surface area contributed by atoms with Crippen molar-refractivity contribution < 1.29 is 24.2 Å². The number of nitrogens with one attached hydrogen (secondary N) is 1. The third-order valence-corrected chi connectivity index (χ3v) is 5.66. The van der Waals surface area contributed by atoms with E-state index in [9.17, 15) is 14.7 Å². The number of phenolic OH excluding ortho intramolecular Hbond substituents is 1. The molecular formula is C20H26ClN3O5S2. The van der Waals surface area contributed by atoms with Gasteiger partial charge in [-0.25, -0.2) is 14.6 Å². The summed E-state index contributed by atoms with van der Waals surface area (Å²) < 4.78 is 15.1. The maximum Gasteiger partial charge on any atom is 0.408 e. The Morgan fingerprint density at radius 3 is 2.35 bits per heavy atom. The zero-order valence-electron chi connectivity index (χ0n) is 18.2. The molecule has 31 heavy (non-hydrogen) atoms. The van der Waals surface area contributed by atoms with Crippen LogP contribution in [-0.4, -0.2) is 38.8 Å². The number of hydrogen-bond donors (Lipinski definition) is 2. The van der Waals surface area contributed by atoms with Crippen LogP contribution >= 0.6 is 32.5 Å². The fourth-order valence-corrected chi connectivity index (χ4v) is 4.36. The third kappa shape index (κ3) is 8.47. The molecule has 0 unspecified atom stereocenters. The number of hydrogen-bond acceptors (Lipinski definition) is 9. The molecule has 1 aromatic carbocycles. The lowest BCUT2D eigenvalue weighted by atomic mass is 10.0. The highest BCUT2D eigenvalue weighted by Crippen LogP contribution is 2.28. The first kappa shape index (κ1) is 25.1. The second kappa shape index (κ2) is 9.97. The highest BCUT2D eigenvalue weighted by molar-refractivity contribution is 7.66. The van der Waals surface area contributed by atoms with Crippen LogP contribution in [0.1, 0.15) is 47.1 Å². The lowest BCUT2D eigenvalue weighted by Crippen LogP contribution is -2.47. The minimum absolute atomic E-state index is 0.0887. The predicted octanol–water partition coefficient (Wildman–Crippen LogP) is 4.57. The number of aromatic nitrogens is 1. The van der Waals surface area contributed by atoms with Crippen molar-refractivity contribution in [2.24, 2.45) is 4.99 Å². The predicted molar refractivity (Wildman–Crippen MR) is 121 cm³/mol. The number of carbonyl (C=O) groups is 2. The van der Waals surface area contributed by atoms with E-state index in [2.05, 4.69) is 14.7 Å². The number of carbonyl (C=O) groups excluding carboxylic acids is 2. The van der Waals surface area contributed by atoms with Gasteiger partial charge in [-0.05, 0) is 69.6 Å². The lowest BCUT2D eigenvalue weighted by Gasteiger charge is -2.26. The van der Waals surface area contributed by atoms with Gasteiger partial charge in [0.2, 0.25) is 0 Å². The number of amides is 1. The van der Waals surface area contributed by atoms with E-state index < -0.39 is 29.3 Å². The van der Waals surface area contributed by atoms with Crippen molar-refractivity contribution in [3.63, 3.8) is 0 Å². The number of nitrogens with zero attached hydrogens (tertiary/aromatic N) is 2. The third-order valence-electron chi connectivity index (χ3n) is 3.49. The van der Waals surface area contributed by atoms with Gasteiger partial charge in [0.25, 0.3) is 0 Å². The first-order valence-electron chi connectivity index (χ1n) is 9.44. The Kier molecular flexibility index (Phi) is 8.07. The van der Waals surface area contributed by atoms with E-state index >= 15 is 0 Å². The first-order valence-corrected chi connectivity index (χ1v) is 11.9. The van der Waals surface area contributed by atoms with Crippen LogP contribution < -0.4 is 9.99 Å². The average Bonchev–Trinajstić information content (AvgIpc) is 2.98. The molecule has 170 valence electrons. The van der Waals surface area contributed by atoms with Gasteiger partial charge in [-0.3, -0.25) is 0 Å².